The van der Waals surface area contributed by atoms with Crippen LogP contribution in [0.4, 0.5) is 0 Å². The number of nitrogens with zero attached hydrogens (tertiary/aromatic N) is 4. The van der Waals surface area contributed by atoms with Gasteiger partial charge in [0.05, 0.1) is 18.2 Å². The van der Waals surface area contributed by atoms with Gasteiger partial charge in [-0.2, -0.15) is 12.7 Å². The Labute approximate surface area is 289 Å². The van der Waals surface area contributed by atoms with E-state index in [1.54, 1.807) is 13.2 Å². The second-order valence-electron chi connectivity index (χ2n) is 15.8. The zero-order valence-corrected chi connectivity index (χ0v) is 30.2. The molecule has 2 saturated heterocycles. The van der Waals surface area contributed by atoms with Gasteiger partial charge in [-0.15, -0.1) is 0 Å². The topological polar surface area (TPSA) is 104 Å². The number of fused-ring (bicyclic) bond motifs is 9. The van der Waals surface area contributed by atoms with Gasteiger partial charge in [-0.3, -0.25) is 14.5 Å². The number of benzene rings is 2. The van der Waals surface area contributed by atoms with Crippen molar-refractivity contribution in [1.29, 1.82) is 0 Å². The van der Waals surface area contributed by atoms with Crippen LogP contribution in [0.3, 0.4) is 0 Å². The molecule has 2 bridgehead atoms. The highest BCUT2D eigenvalue weighted by Gasteiger charge is 2.65. The molecular formula is C38H49N5O5S. The van der Waals surface area contributed by atoms with E-state index in [2.05, 4.69) is 45.1 Å². The maximum Gasteiger partial charge on any atom is 0.303 e. The maximum atomic E-state index is 15.0. The summed E-state index contributed by atoms with van der Waals surface area (Å²) in [5, 5.41) is 1.09. The molecule has 4 atom stereocenters. The monoisotopic (exact) mass is 687 g/mol. The molecule has 1 aromatic heterocycles. The SMILES string of the molecule is COc1ccc2c(c1)C1CC1(C(=O)N1CC3CC1CN3CC(C)C)Cn1c-2c(C2CCCCC2)c2ccc(C(=O)NS(=O)(=O)N(C)C)cc21. The molecule has 4 unspecified atom stereocenters. The molecule has 2 amide bonds. The molecule has 2 aromatic carbocycles. The lowest BCUT2D eigenvalue weighted by molar-refractivity contribution is -0.140. The summed E-state index contributed by atoms with van der Waals surface area (Å²) in [6.07, 6.45) is 7.58. The molecule has 49 heavy (non-hydrogen) atoms. The van der Waals surface area contributed by atoms with E-state index in [0.29, 0.717) is 24.4 Å². The van der Waals surface area contributed by atoms with Crippen LogP contribution in [-0.4, -0.2) is 91.8 Å². The van der Waals surface area contributed by atoms with E-state index in [1.807, 2.05) is 18.2 Å². The molecule has 1 N–H and O–H groups in total. The van der Waals surface area contributed by atoms with E-state index in [1.165, 1.54) is 44.5 Å². The number of aromatic nitrogens is 1. The Morgan fingerprint density at radius 3 is 2.49 bits per heavy atom. The smallest absolute Gasteiger partial charge is 0.303 e. The fraction of sp³-hybridized carbons (Fsp3) is 0.579. The number of piperazine rings is 1. The first-order chi connectivity index (χ1) is 23.4. The summed E-state index contributed by atoms with van der Waals surface area (Å²) >= 11 is 0. The van der Waals surface area contributed by atoms with Crippen molar-refractivity contribution in [2.75, 3.05) is 40.8 Å². The third-order valence-electron chi connectivity index (χ3n) is 12.1. The minimum Gasteiger partial charge on any atom is -0.497 e. The highest BCUT2D eigenvalue weighted by atomic mass is 32.2. The van der Waals surface area contributed by atoms with Crippen LogP contribution in [0.15, 0.2) is 36.4 Å². The van der Waals surface area contributed by atoms with Crippen LogP contribution in [0.5, 0.6) is 5.75 Å². The van der Waals surface area contributed by atoms with Gasteiger partial charge in [-0.1, -0.05) is 39.2 Å². The van der Waals surface area contributed by atoms with Gasteiger partial charge in [0.1, 0.15) is 5.75 Å². The van der Waals surface area contributed by atoms with Crippen molar-refractivity contribution in [2.24, 2.45) is 11.3 Å². The third-order valence-corrected chi connectivity index (χ3v) is 13.5. The molecule has 2 saturated carbocycles. The van der Waals surface area contributed by atoms with Crippen LogP contribution in [-0.2, 0) is 21.5 Å². The summed E-state index contributed by atoms with van der Waals surface area (Å²) in [5.41, 5.74) is 5.32. The summed E-state index contributed by atoms with van der Waals surface area (Å²) in [4.78, 5) is 33.2. The molecule has 4 heterocycles. The van der Waals surface area contributed by atoms with Crippen LogP contribution in [0.2, 0.25) is 0 Å². The Hall–Kier alpha value is -3.41. The van der Waals surface area contributed by atoms with Gasteiger partial charge in [0.25, 0.3) is 5.91 Å². The van der Waals surface area contributed by atoms with E-state index in [0.717, 1.165) is 77.5 Å². The zero-order chi connectivity index (χ0) is 34.4. The number of nitrogens with one attached hydrogen (secondary N) is 1. The van der Waals surface area contributed by atoms with Crippen molar-refractivity contribution in [3.05, 3.63) is 53.1 Å². The van der Waals surface area contributed by atoms with Gasteiger partial charge >= 0.3 is 10.2 Å². The van der Waals surface area contributed by atoms with Gasteiger partial charge < -0.3 is 14.2 Å². The molecule has 262 valence electrons. The average molecular weight is 688 g/mol. The van der Waals surface area contributed by atoms with Crippen LogP contribution in [0, 0.1) is 11.3 Å². The number of carbonyl (C=O) groups is 2. The minimum atomic E-state index is -3.97. The summed E-state index contributed by atoms with van der Waals surface area (Å²) in [5.74, 6) is 1.40. The van der Waals surface area contributed by atoms with Crippen molar-refractivity contribution in [3.63, 3.8) is 0 Å². The zero-order valence-electron chi connectivity index (χ0n) is 29.4. The van der Waals surface area contributed by atoms with Gasteiger partial charge in [0.2, 0.25) is 5.91 Å². The lowest BCUT2D eigenvalue weighted by atomic mass is 9.81. The molecule has 11 heteroatoms. The highest BCUT2D eigenvalue weighted by Crippen LogP contribution is 2.66. The van der Waals surface area contributed by atoms with E-state index in [4.69, 9.17) is 4.74 Å². The Balaban J connectivity index is 1.27. The fourth-order valence-electron chi connectivity index (χ4n) is 9.67. The molecule has 5 aliphatic rings. The number of carbonyl (C=O) groups excluding carboxylic acids is 2. The number of amides is 2. The first-order valence-electron chi connectivity index (χ1n) is 18.1. The quantitative estimate of drug-likeness (QED) is 0.344. The lowest BCUT2D eigenvalue weighted by Crippen LogP contribution is -2.52. The van der Waals surface area contributed by atoms with Gasteiger partial charge in [0.15, 0.2) is 0 Å². The summed E-state index contributed by atoms with van der Waals surface area (Å²) < 4.78 is 36.5. The number of ether oxygens (including phenoxy) is 1. The summed E-state index contributed by atoms with van der Waals surface area (Å²) in [7, 11) is 0.517. The Morgan fingerprint density at radius 1 is 1.04 bits per heavy atom. The normalized spacial score (nSPS) is 26.5. The minimum absolute atomic E-state index is 0.0712. The molecule has 8 rings (SSSR count). The van der Waals surface area contributed by atoms with Crippen LogP contribution >= 0.6 is 0 Å². The van der Waals surface area contributed by atoms with Gasteiger partial charge in [-0.05, 0) is 79.0 Å². The van der Waals surface area contributed by atoms with E-state index < -0.39 is 21.5 Å². The number of methoxy groups -OCH3 is 1. The van der Waals surface area contributed by atoms with Crippen molar-refractivity contribution < 1.29 is 22.7 Å². The van der Waals surface area contributed by atoms with E-state index >= 15 is 0 Å². The van der Waals surface area contributed by atoms with Crippen LogP contribution < -0.4 is 9.46 Å². The van der Waals surface area contributed by atoms with Crippen LogP contribution in [0.1, 0.15) is 92.1 Å². The predicted octanol–water partition coefficient (Wildman–Crippen LogP) is 5.33. The van der Waals surface area contributed by atoms with Crippen molar-refractivity contribution in [2.45, 2.75) is 89.3 Å². The summed E-state index contributed by atoms with van der Waals surface area (Å²) in [6, 6.07) is 12.6. The number of likely N-dealkylation sites (tertiary alicyclic amines) is 2. The molecule has 2 aliphatic carbocycles. The van der Waals surface area contributed by atoms with Crippen molar-refractivity contribution in [1.82, 2.24) is 23.4 Å². The molecule has 0 spiro atoms. The molecule has 10 nitrogen and oxygen atoms in total. The van der Waals surface area contributed by atoms with Crippen molar-refractivity contribution in [3.8, 4) is 17.0 Å². The van der Waals surface area contributed by atoms with E-state index in [-0.39, 0.29) is 23.4 Å². The molecular weight excluding hydrogens is 639 g/mol. The highest BCUT2D eigenvalue weighted by molar-refractivity contribution is 7.87. The maximum absolute atomic E-state index is 15.0. The Morgan fingerprint density at radius 2 is 1.82 bits per heavy atom. The first kappa shape index (κ1) is 32.8. The summed E-state index contributed by atoms with van der Waals surface area (Å²) in [6.45, 7) is 7.84. The molecule has 3 aromatic rings. The molecule has 0 radical (unpaired) electrons. The number of hydrogen-bond donors (Lipinski definition) is 1. The second kappa shape index (κ2) is 11.8. The van der Waals surface area contributed by atoms with Crippen molar-refractivity contribution >= 4 is 32.9 Å². The number of rotatable bonds is 8. The van der Waals surface area contributed by atoms with Gasteiger partial charge in [-0.25, -0.2) is 4.72 Å². The number of hydrogen-bond acceptors (Lipinski definition) is 6. The predicted molar refractivity (Wildman–Crippen MR) is 190 cm³/mol. The Bertz CT molecular complexity index is 1950. The lowest BCUT2D eigenvalue weighted by Gasteiger charge is -2.37. The standard InChI is InChI=1S/C38H49N5O5S/c1-23(2)19-41-20-27-16-26(41)21-42(27)37(45)38-18-32(38)31-17-28(48-5)12-14-29(31)35-34(24-9-7-6-8-10-24)30-13-11-25(15-33(30)43(35)22-38)36(44)39-49(46,47)40(3)4/h11-15,17,23-24,26-27,32H,6-10,16,18-22H2,1-5H3,(H,39,44). The third kappa shape index (κ3) is 5.30. The van der Waals surface area contributed by atoms with Gasteiger partial charge in [0, 0.05) is 80.3 Å². The Kier molecular flexibility index (Phi) is 7.92. The molecule has 3 aliphatic heterocycles. The fourth-order valence-corrected chi connectivity index (χ4v) is 10.2. The largest absolute Gasteiger partial charge is 0.497 e. The second-order valence-corrected chi connectivity index (χ2v) is 17.7. The first-order valence-corrected chi connectivity index (χ1v) is 19.5. The average Bonchev–Trinajstić information content (AvgIpc) is 3.31. The van der Waals surface area contributed by atoms with E-state index in [9.17, 15) is 18.0 Å². The van der Waals surface area contributed by atoms with Crippen LogP contribution in [0.25, 0.3) is 22.2 Å². The molecule has 4 fully saturated rings.